The molecule has 0 aliphatic heterocycles. The molecule has 37 heavy (non-hydrogen) atoms. The van der Waals surface area contributed by atoms with E-state index in [1.54, 1.807) is 12.1 Å². The fourth-order valence-corrected chi connectivity index (χ4v) is 4.60. The van der Waals surface area contributed by atoms with Crippen LogP contribution >= 0.6 is 0 Å². The number of allylic oxidation sites excluding steroid dienone is 2. The van der Waals surface area contributed by atoms with Gasteiger partial charge in [-0.3, -0.25) is 13.8 Å². The van der Waals surface area contributed by atoms with Crippen LogP contribution in [-0.2, 0) is 14.3 Å². The summed E-state index contributed by atoms with van der Waals surface area (Å²) >= 11 is 0. The van der Waals surface area contributed by atoms with E-state index in [-0.39, 0.29) is 11.1 Å². The molecule has 0 amide bonds. The molecule has 1 aliphatic carbocycles. The van der Waals surface area contributed by atoms with E-state index in [0.29, 0.717) is 0 Å². The van der Waals surface area contributed by atoms with Gasteiger partial charge in [-0.1, -0.05) is 121 Å². The Morgan fingerprint density at radius 1 is 0.514 bits per heavy atom. The van der Waals surface area contributed by atoms with Gasteiger partial charge in [0.1, 0.15) is 4.91 Å². The molecule has 184 valence electrons. The molecule has 0 aromatic heterocycles. The lowest BCUT2D eigenvalue weighted by atomic mass is 9.95. The van der Waals surface area contributed by atoms with Crippen LogP contribution in [0.3, 0.4) is 0 Å². The molecule has 1 aliphatic rings. The van der Waals surface area contributed by atoms with Crippen molar-refractivity contribution >= 4 is 43.2 Å². The lowest BCUT2D eigenvalue weighted by Crippen LogP contribution is -2.22. The largest absolute Gasteiger partial charge is 0.300 e. The van der Waals surface area contributed by atoms with Crippen LogP contribution in [0.4, 0.5) is 0 Å². The zero-order valence-corrected chi connectivity index (χ0v) is 20.9. The number of hydrogen-bond acceptors (Lipinski definition) is 5. The first kappa shape index (κ1) is 25.7. The van der Waals surface area contributed by atoms with Crippen molar-refractivity contribution in [3.05, 3.63) is 143 Å². The van der Waals surface area contributed by atoms with Gasteiger partial charge in [0, 0.05) is 17.2 Å². The maximum absolute atomic E-state index is 11.9. The summed E-state index contributed by atoms with van der Waals surface area (Å²) in [6, 6.07) is 39.5. The van der Waals surface area contributed by atoms with Crippen molar-refractivity contribution in [2.24, 2.45) is 0 Å². The van der Waals surface area contributed by atoms with Gasteiger partial charge < -0.3 is 0 Å². The maximum atomic E-state index is 11.9. The van der Waals surface area contributed by atoms with Crippen molar-refractivity contribution in [3.63, 3.8) is 0 Å². The van der Waals surface area contributed by atoms with Crippen molar-refractivity contribution in [2.75, 3.05) is 7.11 Å². The van der Waals surface area contributed by atoms with Crippen LogP contribution in [0.5, 0.6) is 0 Å². The molecule has 0 fully saturated rings. The fourth-order valence-electron chi connectivity index (χ4n) is 3.83. The van der Waals surface area contributed by atoms with Gasteiger partial charge in [-0.2, -0.15) is 8.42 Å². The van der Waals surface area contributed by atoms with Crippen LogP contribution in [-0.4, -0.2) is 27.1 Å². The molecule has 5 nitrogen and oxygen atoms in total. The van der Waals surface area contributed by atoms with Crippen molar-refractivity contribution < 1.29 is 22.2 Å². The van der Waals surface area contributed by atoms with E-state index < -0.39 is 26.6 Å². The average Bonchev–Trinajstić information content (AvgIpc) is 2.96. The summed E-state index contributed by atoms with van der Waals surface area (Å²) in [5.74, 6) is -1.24. The molecule has 0 N–H and O–H groups in total. The number of hydrogen-bond donors (Lipinski definition) is 0. The van der Waals surface area contributed by atoms with Gasteiger partial charge in [0.15, 0.2) is 5.78 Å². The number of fused-ring (bicyclic) bond motifs is 3. The van der Waals surface area contributed by atoms with Crippen molar-refractivity contribution in [1.29, 1.82) is 0 Å². The third-order valence-electron chi connectivity index (χ3n) is 5.73. The molecule has 0 heterocycles. The second-order valence-corrected chi connectivity index (χ2v) is 9.74. The predicted molar refractivity (Wildman–Crippen MR) is 147 cm³/mol. The zero-order valence-electron chi connectivity index (χ0n) is 20.1. The minimum absolute atomic E-state index is 0.0793. The minimum Gasteiger partial charge on any atom is -0.289 e. The summed E-state index contributed by atoms with van der Waals surface area (Å²) < 4.78 is 27.2. The Kier molecular flexibility index (Phi) is 8.03. The molecule has 0 spiro atoms. The minimum atomic E-state index is -4.16. The standard InChI is InChI=1S/C11H8O5S.2C10H8/c1-16-17(14,15)10-6-9(12)7-4-2-3-5-8(7)11(10)13;2*1-2-6-10-8-4-3-7-9(10)5-1/h2-6H,1H3;2*1-8H. The number of carbonyl (C=O) groups excluding carboxylic acids is 2. The highest BCUT2D eigenvalue weighted by atomic mass is 32.2. The van der Waals surface area contributed by atoms with E-state index in [9.17, 15) is 18.0 Å². The first-order valence-electron chi connectivity index (χ1n) is 11.5. The third kappa shape index (κ3) is 6.06. The predicted octanol–water partition coefficient (Wildman–Crippen LogP) is 6.61. The van der Waals surface area contributed by atoms with Crippen molar-refractivity contribution in [3.8, 4) is 0 Å². The molecule has 0 unspecified atom stereocenters. The van der Waals surface area contributed by atoms with Crippen LogP contribution in [0.25, 0.3) is 21.5 Å². The lowest BCUT2D eigenvalue weighted by molar-refractivity contribution is 0.0989. The van der Waals surface area contributed by atoms with E-state index in [2.05, 4.69) is 101 Å². The van der Waals surface area contributed by atoms with Crippen LogP contribution < -0.4 is 0 Å². The Balaban J connectivity index is 0.000000137. The maximum Gasteiger partial charge on any atom is 0.300 e. The van der Waals surface area contributed by atoms with E-state index in [0.717, 1.165) is 13.2 Å². The summed E-state index contributed by atoms with van der Waals surface area (Å²) in [5.41, 5.74) is 0.281. The number of Topliss-reactive ketones (excluding diaryl/α,β-unsaturated/α-hetero) is 1. The van der Waals surface area contributed by atoms with Crippen LogP contribution in [0, 0.1) is 0 Å². The normalized spacial score (nSPS) is 12.5. The number of rotatable bonds is 2. The summed E-state index contributed by atoms with van der Waals surface area (Å²) in [5, 5.41) is 5.24. The first-order valence-corrected chi connectivity index (χ1v) is 12.9. The molecule has 0 radical (unpaired) electrons. The SMILES string of the molecule is COS(=O)(=O)C1=CC(=O)c2ccccc2C1=O.c1ccc2ccccc2c1.c1ccc2ccccc2c1. The van der Waals surface area contributed by atoms with Gasteiger partial charge in [0.2, 0.25) is 5.78 Å². The van der Waals surface area contributed by atoms with Gasteiger partial charge in [-0.15, -0.1) is 0 Å². The number of carbonyl (C=O) groups is 2. The van der Waals surface area contributed by atoms with E-state index >= 15 is 0 Å². The highest BCUT2D eigenvalue weighted by Crippen LogP contribution is 2.24. The summed E-state index contributed by atoms with van der Waals surface area (Å²) in [6.45, 7) is 0. The Morgan fingerprint density at radius 2 is 0.838 bits per heavy atom. The first-order chi connectivity index (χ1) is 17.9. The van der Waals surface area contributed by atoms with E-state index in [4.69, 9.17) is 0 Å². The second kappa shape index (κ2) is 11.6. The van der Waals surface area contributed by atoms with E-state index in [1.807, 2.05) is 0 Å². The highest BCUT2D eigenvalue weighted by molar-refractivity contribution is 7.91. The Morgan fingerprint density at radius 3 is 1.19 bits per heavy atom. The Hall–Kier alpha value is -4.39. The van der Waals surface area contributed by atoms with Gasteiger partial charge in [0.25, 0.3) is 0 Å². The monoisotopic (exact) mass is 508 g/mol. The summed E-state index contributed by atoms with van der Waals surface area (Å²) in [6.07, 6.45) is 0.795. The van der Waals surface area contributed by atoms with Gasteiger partial charge >= 0.3 is 10.1 Å². The molecule has 0 atom stereocenters. The molecule has 5 aromatic carbocycles. The van der Waals surface area contributed by atoms with E-state index in [1.165, 1.54) is 33.7 Å². The average molecular weight is 509 g/mol. The molecule has 0 saturated heterocycles. The second-order valence-electron chi connectivity index (χ2n) is 8.06. The topological polar surface area (TPSA) is 77.5 Å². The van der Waals surface area contributed by atoms with Crippen LogP contribution in [0.1, 0.15) is 20.7 Å². The smallest absolute Gasteiger partial charge is 0.289 e. The zero-order chi connectivity index (χ0) is 26.3. The van der Waals surface area contributed by atoms with Crippen molar-refractivity contribution in [1.82, 2.24) is 0 Å². The molecule has 0 saturated carbocycles. The fraction of sp³-hybridized carbons (Fsp3) is 0.0323. The van der Waals surface area contributed by atoms with Crippen molar-refractivity contribution in [2.45, 2.75) is 0 Å². The lowest BCUT2D eigenvalue weighted by Gasteiger charge is -2.13. The van der Waals surface area contributed by atoms with Gasteiger partial charge in [-0.25, -0.2) is 0 Å². The Labute approximate surface area is 215 Å². The summed E-state index contributed by atoms with van der Waals surface area (Å²) in [4.78, 5) is 22.9. The Bertz CT molecular complexity index is 1520. The number of ketones is 2. The number of benzene rings is 5. The molecular formula is C31H24O5S. The molecule has 6 rings (SSSR count). The third-order valence-corrected chi connectivity index (χ3v) is 7.01. The van der Waals surface area contributed by atoms with Crippen LogP contribution in [0.2, 0.25) is 0 Å². The quantitative estimate of drug-likeness (QED) is 0.251. The molecule has 0 bridgehead atoms. The molecule has 5 aromatic rings. The molecular weight excluding hydrogens is 484 g/mol. The van der Waals surface area contributed by atoms with Gasteiger partial charge in [-0.05, 0) is 21.5 Å². The molecule has 6 heteroatoms. The van der Waals surface area contributed by atoms with Crippen LogP contribution in [0.15, 0.2) is 132 Å². The summed E-state index contributed by atoms with van der Waals surface area (Å²) in [7, 11) is -3.22. The highest BCUT2D eigenvalue weighted by Gasteiger charge is 2.33. The van der Waals surface area contributed by atoms with Gasteiger partial charge in [0.05, 0.1) is 7.11 Å².